The van der Waals surface area contributed by atoms with Crippen molar-refractivity contribution in [3.63, 3.8) is 0 Å². The summed E-state index contributed by atoms with van der Waals surface area (Å²) in [7, 11) is 1.58. The summed E-state index contributed by atoms with van der Waals surface area (Å²) < 4.78 is 5.23. The Kier molecular flexibility index (Phi) is 5.92. The second-order valence-corrected chi connectivity index (χ2v) is 5.39. The molecule has 0 aliphatic heterocycles. The number of methoxy groups -OCH3 is 1. The van der Waals surface area contributed by atoms with Crippen molar-refractivity contribution in [3.05, 3.63) is 52.5 Å². The number of halogens is 2. The summed E-state index contributed by atoms with van der Waals surface area (Å²) in [6.07, 6.45) is 0.293. The van der Waals surface area contributed by atoms with Crippen LogP contribution in [0.2, 0.25) is 10.0 Å². The molecule has 1 amide bonds. The molecule has 0 saturated carbocycles. The van der Waals surface area contributed by atoms with Crippen LogP contribution < -0.4 is 15.4 Å². The first kappa shape index (κ1) is 16.5. The first-order chi connectivity index (χ1) is 10.6. The summed E-state index contributed by atoms with van der Waals surface area (Å²) in [6, 6.07) is 12.4. The minimum atomic E-state index is -0.124. The largest absolute Gasteiger partial charge is 0.495 e. The van der Waals surface area contributed by atoms with Crippen LogP contribution in [0.25, 0.3) is 0 Å². The molecule has 2 aromatic rings. The molecule has 0 unspecified atom stereocenters. The number of carbonyl (C=O) groups is 1. The van der Waals surface area contributed by atoms with E-state index in [1.807, 2.05) is 12.1 Å². The van der Waals surface area contributed by atoms with Crippen LogP contribution in [0.3, 0.4) is 0 Å². The van der Waals surface area contributed by atoms with E-state index in [0.29, 0.717) is 34.4 Å². The lowest BCUT2D eigenvalue weighted by molar-refractivity contribution is -0.115. The van der Waals surface area contributed by atoms with Crippen molar-refractivity contribution in [1.82, 2.24) is 0 Å². The van der Waals surface area contributed by atoms with Gasteiger partial charge in [0.25, 0.3) is 0 Å². The van der Waals surface area contributed by atoms with E-state index >= 15 is 0 Å². The summed E-state index contributed by atoms with van der Waals surface area (Å²) in [4.78, 5) is 11.9. The normalized spacial score (nSPS) is 10.1. The average molecular weight is 339 g/mol. The van der Waals surface area contributed by atoms with Gasteiger partial charge in [-0.05, 0) is 30.3 Å². The Morgan fingerprint density at radius 1 is 1.14 bits per heavy atom. The maximum Gasteiger partial charge on any atom is 0.226 e. The lowest BCUT2D eigenvalue weighted by atomic mass is 10.2. The number of rotatable bonds is 6. The van der Waals surface area contributed by atoms with E-state index in [4.69, 9.17) is 27.9 Å². The Balaban J connectivity index is 1.87. The van der Waals surface area contributed by atoms with Crippen molar-refractivity contribution in [3.8, 4) is 5.75 Å². The molecule has 0 aromatic heterocycles. The van der Waals surface area contributed by atoms with Gasteiger partial charge in [-0.1, -0.05) is 35.3 Å². The van der Waals surface area contributed by atoms with E-state index in [9.17, 15) is 4.79 Å². The summed E-state index contributed by atoms with van der Waals surface area (Å²) in [6.45, 7) is 0.451. The van der Waals surface area contributed by atoms with Gasteiger partial charge in [0.15, 0.2) is 0 Å². The molecule has 0 aliphatic carbocycles. The van der Waals surface area contributed by atoms with E-state index < -0.39 is 0 Å². The second kappa shape index (κ2) is 7.92. The first-order valence-electron chi connectivity index (χ1n) is 6.72. The SMILES string of the molecule is COc1ccc(Cl)cc1NCCC(=O)Nc1ccccc1Cl. The van der Waals surface area contributed by atoms with Crippen LogP contribution in [0.4, 0.5) is 11.4 Å². The fraction of sp³-hybridized carbons (Fsp3) is 0.188. The van der Waals surface area contributed by atoms with Gasteiger partial charge < -0.3 is 15.4 Å². The highest BCUT2D eigenvalue weighted by atomic mass is 35.5. The van der Waals surface area contributed by atoms with Crippen molar-refractivity contribution in [2.24, 2.45) is 0 Å². The van der Waals surface area contributed by atoms with Gasteiger partial charge in [-0.3, -0.25) is 4.79 Å². The van der Waals surface area contributed by atoms with Crippen LogP contribution in [-0.2, 0) is 4.79 Å². The summed E-state index contributed by atoms with van der Waals surface area (Å²) in [5, 5.41) is 7.02. The van der Waals surface area contributed by atoms with E-state index in [-0.39, 0.29) is 5.91 Å². The van der Waals surface area contributed by atoms with E-state index in [0.717, 1.165) is 5.69 Å². The fourth-order valence-electron chi connectivity index (χ4n) is 1.90. The maximum atomic E-state index is 11.9. The summed E-state index contributed by atoms with van der Waals surface area (Å²) in [5.41, 5.74) is 1.36. The molecule has 4 nitrogen and oxygen atoms in total. The van der Waals surface area contributed by atoms with Crippen molar-refractivity contribution in [1.29, 1.82) is 0 Å². The molecule has 0 bridgehead atoms. The highest BCUT2D eigenvalue weighted by Gasteiger charge is 2.07. The third-order valence-corrected chi connectivity index (χ3v) is 3.54. The monoisotopic (exact) mass is 338 g/mol. The van der Waals surface area contributed by atoms with Crippen LogP contribution in [0.1, 0.15) is 6.42 Å². The Morgan fingerprint density at radius 2 is 1.91 bits per heavy atom. The molecule has 0 aliphatic rings. The summed E-state index contributed by atoms with van der Waals surface area (Å²) >= 11 is 11.9. The molecule has 116 valence electrons. The van der Waals surface area contributed by atoms with Gasteiger partial charge in [0.05, 0.1) is 23.5 Å². The number of para-hydroxylation sites is 1. The van der Waals surface area contributed by atoms with Gasteiger partial charge >= 0.3 is 0 Å². The molecule has 0 spiro atoms. The molecule has 2 aromatic carbocycles. The standard InChI is InChI=1S/C16H16Cl2N2O2/c1-22-15-7-6-11(17)10-14(15)19-9-8-16(21)20-13-5-3-2-4-12(13)18/h2-7,10,19H,8-9H2,1H3,(H,20,21). The maximum absolute atomic E-state index is 11.9. The number of carbonyl (C=O) groups excluding carboxylic acids is 1. The molecule has 0 atom stereocenters. The van der Waals surface area contributed by atoms with Gasteiger partial charge in [0.1, 0.15) is 5.75 Å². The molecule has 6 heteroatoms. The zero-order chi connectivity index (χ0) is 15.9. The zero-order valence-corrected chi connectivity index (χ0v) is 13.5. The zero-order valence-electron chi connectivity index (χ0n) is 12.0. The topological polar surface area (TPSA) is 50.4 Å². The number of anilines is 2. The molecule has 0 radical (unpaired) electrons. The van der Waals surface area contributed by atoms with Gasteiger partial charge in [-0.2, -0.15) is 0 Å². The smallest absolute Gasteiger partial charge is 0.226 e. The Morgan fingerprint density at radius 3 is 2.64 bits per heavy atom. The third kappa shape index (κ3) is 4.55. The Hall–Kier alpha value is -1.91. The Bertz CT molecular complexity index is 662. The number of benzene rings is 2. The lowest BCUT2D eigenvalue weighted by Gasteiger charge is -2.12. The molecule has 0 saturated heterocycles. The number of hydrogen-bond donors (Lipinski definition) is 2. The van der Waals surface area contributed by atoms with Gasteiger partial charge in [-0.15, -0.1) is 0 Å². The number of hydrogen-bond acceptors (Lipinski definition) is 3. The highest BCUT2D eigenvalue weighted by Crippen LogP contribution is 2.27. The molecule has 0 heterocycles. The van der Waals surface area contributed by atoms with E-state index in [1.165, 1.54) is 0 Å². The van der Waals surface area contributed by atoms with Crippen molar-refractivity contribution < 1.29 is 9.53 Å². The molecule has 2 N–H and O–H groups in total. The predicted molar refractivity (Wildman–Crippen MR) is 91.2 cm³/mol. The molecular weight excluding hydrogens is 323 g/mol. The fourth-order valence-corrected chi connectivity index (χ4v) is 2.26. The lowest BCUT2D eigenvalue weighted by Crippen LogP contribution is -2.16. The van der Waals surface area contributed by atoms with Crippen molar-refractivity contribution >= 4 is 40.5 Å². The van der Waals surface area contributed by atoms with E-state index in [1.54, 1.807) is 37.4 Å². The van der Waals surface area contributed by atoms with Crippen LogP contribution >= 0.6 is 23.2 Å². The minimum Gasteiger partial charge on any atom is -0.495 e. The van der Waals surface area contributed by atoms with Crippen LogP contribution in [0.15, 0.2) is 42.5 Å². The molecule has 0 fully saturated rings. The molecular formula is C16H16Cl2N2O2. The van der Waals surface area contributed by atoms with Gasteiger partial charge in [-0.25, -0.2) is 0 Å². The minimum absolute atomic E-state index is 0.124. The van der Waals surface area contributed by atoms with Gasteiger partial charge in [0.2, 0.25) is 5.91 Å². The number of amides is 1. The second-order valence-electron chi connectivity index (χ2n) is 4.55. The Labute approximate surface area is 139 Å². The average Bonchev–Trinajstić information content (AvgIpc) is 2.50. The van der Waals surface area contributed by atoms with E-state index in [2.05, 4.69) is 10.6 Å². The quantitative estimate of drug-likeness (QED) is 0.818. The van der Waals surface area contributed by atoms with Crippen molar-refractivity contribution in [2.45, 2.75) is 6.42 Å². The number of nitrogens with one attached hydrogen (secondary N) is 2. The predicted octanol–water partition coefficient (Wildman–Crippen LogP) is 4.44. The van der Waals surface area contributed by atoms with Crippen LogP contribution in [0.5, 0.6) is 5.75 Å². The molecule has 22 heavy (non-hydrogen) atoms. The highest BCUT2D eigenvalue weighted by molar-refractivity contribution is 6.33. The van der Waals surface area contributed by atoms with Crippen LogP contribution in [0, 0.1) is 0 Å². The first-order valence-corrected chi connectivity index (χ1v) is 7.47. The van der Waals surface area contributed by atoms with Crippen molar-refractivity contribution in [2.75, 3.05) is 24.3 Å². The molecule has 2 rings (SSSR count). The van der Waals surface area contributed by atoms with Crippen LogP contribution in [-0.4, -0.2) is 19.6 Å². The summed E-state index contributed by atoms with van der Waals surface area (Å²) in [5.74, 6) is 0.553. The third-order valence-electron chi connectivity index (χ3n) is 2.98. The number of ether oxygens (including phenoxy) is 1. The van der Waals surface area contributed by atoms with Gasteiger partial charge in [0, 0.05) is 18.0 Å².